The van der Waals surface area contributed by atoms with Crippen molar-refractivity contribution in [1.29, 1.82) is 0 Å². The molecular weight excluding hydrogens is 443 g/mol. The van der Waals surface area contributed by atoms with Crippen LogP contribution in [0.2, 0.25) is 5.02 Å². The number of alkyl halides is 3. The van der Waals surface area contributed by atoms with Gasteiger partial charge < -0.3 is 14.7 Å². The molecule has 8 heteroatoms. The summed E-state index contributed by atoms with van der Waals surface area (Å²) in [5, 5.41) is 9.60. The third-order valence-corrected chi connectivity index (χ3v) is 5.77. The first kappa shape index (κ1) is 22.0. The van der Waals surface area contributed by atoms with Crippen molar-refractivity contribution in [1.82, 2.24) is 0 Å². The molecule has 0 aromatic heterocycles. The Morgan fingerprint density at radius 1 is 1.06 bits per heavy atom. The lowest BCUT2D eigenvalue weighted by atomic mass is 9.97. The van der Waals surface area contributed by atoms with Crippen LogP contribution in [0.1, 0.15) is 11.1 Å². The van der Waals surface area contributed by atoms with Gasteiger partial charge in [-0.25, -0.2) is 0 Å². The molecule has 4 nitrogen and oxygen atoms in total. The highest BCUT2D eigenvalue weighted by atomic mass is 35.5. The van der Waals surface area contributed by atoms with E-state index in [1.54, 1.807) is 48.5 Å². The second-order valence-electron chi connectivity index (χ2n) is 7.58. The number of rotatable bonds is 6. The van der Waals surface area contributed by atoms with E-state index in [1.807, 2.05) is 4.90 Å². The summed E-state index contributed by atoms with van der Waals surface area (Å²) < 4.78 is 46.0. The highest BCUT2D eigenvalue weighted by Crippen LogP contribution is 2.39. The van der Waals surface area contributed by atoms with Crippen LogP contribution < -0.4 is 9.64 Å². The minimum Gasteiger partial charge on any atom is -0.488 e. The molecule has 1 saturated heterocycles. The Balaban J connectivity index is 1.66. The number of carbonyl (C=O) groups is 1. The van der Waals surface area contributed by atoms with Gasteiger partial charge in [0.1, 0.15) is 12.4 Å². The standard InChI is InChI=1S/C24H19ClF3NO3/c25-21-7-2-1-4-16(21)14-32-22-9-8-18(24(26,27)28)11-20(22)15-5-3-6-19(10-15)29-12-17(13-29)23(30)31/h1-11,17H,12-14H2,(H,30,31). The molecule has 1 N–H and O–H groups in total. The van der Waals surface area contributed by atoms with Crippen LogP contribution in [0.3, 0.4) is 0 Å². The molecule has 32 heavy (non-hydrogen) atoms. The van der Waals surface area contributed by atoms with Gasteiger partial charge in [-0.15, -0.1) is 0 Å². The molecule has 0 saturated carbocycles. The maximum atomic E-state index is 13.4. The molecule has 0 amide bonds. The molecule has 0 atom stereocenters. The number of benzene rings is 3. The van der Waals surface area contributed by atoms with E-state index in [-0.39, 0.29) is 6.61 Å². The van der Waals surface area contributed by atoms with E-state index >= 15 is 0 Å². The minimum atomic E-state index is -4.50. The summed E-state index contributed by atoms with van der Waals surface area (Å²) in [6, 6.07) is 17.4. The molecule has 0 radical (unpaired) electrons. The second kappa shape index (κ2) is 8.74. The first-order valence-electron chi connectivity index (χ1n) is 9.88. The molecule has 0 bridgehead atoms. The van der Waals surface area contributed by atoms with Gasteiger partial charge in [-0.2, -0.15) is 13.2 Å². The normalized spacial score (nSPS) is 14.2. The number of aliphatic carboxylic acids is 1. The SMILES string of the molecule is O=C(O)C1CN(c2cccc(-c3cc(C(F)(F)F)ccc3OCc3ccccc3Cl)c2)C1. The minimum absolute atomic E-state index is 0.101. The Morgan fingerprint density at radius 2 is 1.81 bits per heavy atom. The van der Waals surface area contributed by atoms with Crippen LogP contribution in [0, 0.1) is 5.92 Å². The Kier molecular flexibility index (Phi) is 6.02. The number of carboxylic acid groups (broad SMARTS) is 1. The van der Waals surface area contributed by atoms with E-state index in [1.165, 1.54) is 6.07 Å². The Hall–Kier alpha value is -3.19. The number of halogens is 4. The van der Waals surface area contributed by atoms with E-state index in [4.69, 9.17) is 21.4 Å². The summed E-state index contributed by atoms with van der Waals surface area (Å²) in [5.74, 6) is -1.01. The highest BCUT2D eigenvalue weighted by Gasteiger charge is 2.33. The first-order valence-corrected chi connectivity index (χ1v) is 10.3. The first-order chi connectivity index (χ1) is 15.2. The number of carboxylic acids is 1. The van der Waals surface area contributed by atoms with Gasteiger partial charge in [0.05, 0.1) is 11.5 Å². The van der Waals surface area contributed by atoms with Crippen LogP contribution in [-0.4, -0.2) is 24.2 Å². The quantitative estimate of drug-likeness (QED) is 0.480. The number of hydrogen-bond acceptors (Lipinski definition) is 3. The molecule has 1 heterocycles. The summed E-state index contributed by atoms with van der Waals surface area (Å²) in [7, 11) is 0. The van der Waals surface area contributed by atoms with Gasteiger partial charge in [-0.3, -0.25) is 4.79 Å². The van der Waals surface area contributed by atoms with Crippen molar-refractivity contribution < 1.29 is 27.8 Å². The van der Waals surface area contributed by atoms with Crippen molar-refractivity contribution in [3.05, 3.63) is 82.9 Å². The summed E-state index contributed by atoms with van der Waals surface area (Å²) >= 11 is 6.17. The smallest absolute Gasteiger partial charge is 0.416 e. The fraction of sp³-hybridized carbons (Fsp3) is 0.208. The largest absolute Gasteiger partial charge is 0.488 e. The van der Waals surface area contributed by atoms with Gasteiger partial charge in [0.2, 0.25) is 0 Å². The molecule has 1 fully saturated rings. The molecular formula is C24H19ClF3NO3. The molecule has 0 unspecified atom stereocenters. The van der Waals surface area contributed by atoms with E-state index < -0.39 is 23.6 Å². The molecule has 0 aliphatic carbocycles. The van der Waals surface area contributed by atoms with E-state index in [0.717, 1.165) is 17.8 Å². The summed E-state index contributed by atoms with van der Waals surface area (Å²) in [5.41, 5.74) is 1.52. The van der Waals surface area contributed by atoms with E-state index in [0.29, 0.717) is 40.6 Å². The molecule has 3 aromatic rings. The van der Waals surface area contributed by atoms with E-state index in [9.17, 15) is 18.0 Å². The van der Waals surface area contributed by atoms with Crippen molar-refractivity contribution in [3.8, 4) is 16.9 Å². The van der Waals surface area contributed by atoms with Crippen LogP contribution in [0.4, 0.5) is 18.9 Å². The number of nitrogens with zero attached hydrogens (tertiary/aromatic N) is 1. The maximum Gasteiger partial charge on any atom is 0.416 e. The van der Waals surface area contributed by atoms with Gasteiger partial charge in [-0.05, 0) is 42.0 Å². The van der Waals surface area contributed by atoms with Crippen LogP contribution in [0.25, 0.3) is 11.1 Å². The van der Waals surface area contributed by atoms with Gasteiger partial charge in [0.25, 0.3) is 0 Å². The maximum absolute atomic E-state index is 13.4. The van der Waals surface area contributed by atoms with E-state index in [2.05, 4.69) is 0 Å². The third-order valence-electron chi connectivity index (χ3n) is 5.40. The Morgan fingerprint density at radius 3 is 2.50 bits per heavy atom. The highest BCUT2D eigenvalue weighted by molar-refractivity contribution is 6.31. The zero-order valence-electron chi connectivity index (χ0n) is 16.8. The summed E-state index contributed by atoms with van der Waals surface area (Å²) in [6.07, 6.45) is -4.50. The average molecular weight is 462 g/mol. The predicted molar refractivity (Wildman–Crippen MR) is 116 cm³/mol. The second-order valence-corrected chi connectivity index (χ2v) is 7.99. The van der Waals surface area contributed by atoms with Gasteiger partial charge >= 0.3 is 12.1 Å². The molecule has 1 aliphatic rings. The number of hydrogen-bond donors (Lipinski definition) is 1. The van der Waals surface area contributed by atoms with Crippen LogP contribution in [0.5, 0.6) is 5.75 Å². The van der Waals surface area contributed by atoms with Gasteiger partial charge in [0, 0.05) is 34.9 Å². The Labute approximate surface area is 187 Å². The zero-order chi connectivity index (χ0) is 22.9. The van der Waals surface area contributed by atoms with Crippen molar-refractivity contribution in [2.75, 3.05) is 18.0 Å². The summed E-state index contributed by atoms with van der Waals surface area (Å²) in [4.78, 5) is 13.0. The number of ether oxygens (including phenoxy) is 1. The number of anilines is 1. The fourth-order valence-corrected chi connectivity index (χ4v) is 3.73. The molecule has 4 rings (SSSR count). The lowest BCUT2D eigenvalue weighted by Gasteiger charge is -2.38. The zero-order valence-corrected chi connectivity index (χ0v) is 17.5. The summed E-state index contributed by atoms with van der Waals surface area (Å²) in [6.45, 7) is 0.818. The Bertz CT molecular complexity index is 1140. The van der Waals surface area contributed by atoms with Crippen molar-refractivity contribution in [3.63, 3.8) is 0 Å². The topological polar surface area (TPSA) is 49.8 Å². The average Bonchev–Trinajstić information content (AvgIpc) is 2.71. The predicted octanol–water partition coefficient (Wildman–Crippen LogP) is 6.13. The lowest BCUT2D eigenvalue weighted by Crippen LogP contribution is -2.50. The molecule has 0 spiro atoms. The fourth-order valence-electron chi connectivity index (χ4n) is 3.54. The lowest BCUT2D eigenvalue weighted by molar-refractivity contribution is -0.142. The molecule has 1 aliphatic heterocycles. The van der Waals surface area contributed by atoms with Crippen LogP contribution in [0.15, 0.2) is 66.7 Å². The van der Waals surface area contributed by atoms with Crippen molar-refractivity contribution in [2.45, 2.75) is 12.8 Å². The monoisotopic (exact) mass is 461 g/mol. The van der Waals surface area contributed by atoms with Gasteiger partial charge in [0.15, 0.2) is 0 Å². The van der Waals surface area contributed by atoms with Crippen LogP contribution >= 0.6 is 11.6 Å². The molecule has 3 aromatic carbocycles. The van der Waals surface area contributed by atoms with Crippen molar-refractivity contribution in [2.24, 2.45) is 5.92 Å². The van der Waals surface area contributed by atoms with Crippen molar-refractivity contribution >= 4 is 23.3 Å². The third kappa shape index (κ3) is 4.67. The van der Waals surface area contributed by atoms with Crippen LogP contribution in [-0.2, 0) is 17.6 Å². The van der Waals surface area contributed by atoms with Gasteiger partial charge in [-0.1, -0.05) is 41.9 Å². The molecule has 166 valence electrons.